The average molecular weight is 313 g/mol. The molecule has 0 aliphatic rings. The summed E-state index contributed by atoms with van der Waals surface area (Å²) in [6.07, 6.45) is 0. The van der Waals surface area contributed by atoms with Crippen molar-refractivity contribution in [1.29, 1.82) is 0 Å². The number of carboxylic acid groups (broad SMARTS) is 1. The summed E-state index contributed by atoms with van der Waals surface area (Å²) in [5.41, 5.74) is 2.57. The number of hydrogen-bond donors (Lipinski definition) is 1. The zero-order valence-electron chi connectivity index (χ0n) is 11.6. The first kappa shape index (κ1) is 14.4. The molecule has 1 aromatic heterocycles. The van der Waals surface area contributed by atoms with Crippen LogP contribution in [0.1, 0.15) is 16.1 Å². The average Bonchev–Trinajstić information content (AvgIpc) is 2.95. The first-order valence-electron chi connectivity index (χ1n) is 6.75. The van der Waals surface area contributed by atoms with Gasteiger partial charge in [-0.05, 0) is 23.3 Å². The molecule has 0 aliphatic carbocycles. The summed E-state index contributed by atoms with van der Waals surface area (Å²) in [5.74, 6) is -1.05. The summed E-state index contributed by atoms with van der Waals surface area (Å²) in [6, 6.07) is 18.6. The van der Waals surface area contributed by atoms with Gasteiger partial charge in [-0.25, -0.2) is 4.79 Å². The Morgan fingerprint density at radius 2 is 1.77 bits per heavy atom. The second kappa shape index (κ2) is 6.03. The number of rotatable bonds is 4. The highest BCUT2D eigenvalue weighted by Gasteiger charge is 2.15. The summed E-state index contributed by atoms with van der Waals surface area (Å²) in [5, 5.41) is 14.0. The van der Waals surface area contributed by atoms with Crippen LogP contribution in [0, 0.1) is 0 Å². The number of halogens is 1. The fourth-order valence-corrected chi connectivity index (χ4v) is 2.47. The zero-order chi connectivity index (χ0) is 15.5. The molecular weight excluding hydrogens is 300 g/mol. The van der Waals surface area contributed by atoms with Gasteiger partial charge in [0.1, 0.15) is 0 Å². The lowest BCUT2D eigenvalue weighted by Crippen LogP contribution is -2.06. The Morgan fingerprint density at radius 1 is 1.09 bits per heavy atom. The number of carbonyl (C=O) groups is 1. The number of carboxylic acids is 1. The maximum Gasteiger partial charge on any atom is 0.356 e. The van der Waals surface area contributed by atoms with Gasteiger partial charge in [-0.15, -0.1) is 0 Å². The zero-order valence-corrected chi connectivity index (χ0v) is 12.4. The molecule has 0 saturated heterocycles. The predicted octanol–water partition coefficient (Wildman–Crippen LogP) is 3.95. The van der Waals surface area contributed by atoms with Gasteiger partial charge >= 0.3 is 5.97 Å². The lowest BCUT2D eigenvalue weighted by atomic mass is 10.1. The van der Waals surface area contributed by atoms with E-state index in [9.17, 15) is 9.90 Å². The van der Waals surface area contributed by atoms with Crippen LogP contribution in [0.15, 0.2) is 60.7 Å². The van der Waals surface area contributed by atoms with Gasteiger partial charge < -0.3 is 5.11 Å². The van der Waals surface area contributed by atoms with E-state index in [4.69, 9.17) is 11.6 Å². The second-order valence-corrected chi connectivity index (χ2v) is 5.24. The first-order chi connectivity index (χ1) is 10.6. The molecule has 0 spiro atoms. The molecule has 4 nitrogen and oxygen atoms in total. The third-order valence-corrected chi connectivity index (χ3v) is 3.72. The van der Waals surface area contributed by atoms with Gasteiger partial charge in [-0.1, -0.05) is 60.1 Å². The minimum atomic E-state index is -1.05. The smallest absolute Gasteiger partial charge is 0.356 e. The van der Waals surface area contributed by atoms with Crippen LogP contribution in [0.5, 0.6) is 0 Å². The third-order valence-electron chi connectivity index (χ3n) is 3.35. The molecule has 110 valence electrons. The number of benzene rings is 2. The highest BCUT2D eigenvalue weighted by molar-refractivity contribution is 6.31. The van der Waals surface area contributed by atoms with Crippen LogP contribution in [0.3, 0.4) is 0 Å². The van der Waals surface area contributed by atoms with Gasteiger partial charge in [-0.2, -0.15) is 5.10 Å². The quantitative estimate of drug-likeness (QED) is 0.793. The normalized spacial score (nSPS) is 10.6. The number of hydrogen-bond acceptors (Lipinski definition) is 2. The topological polar surface area (TPSA) is 55.1 Å². The number of nitrogens with zero attached hydrogens (tertiary/aromatic N) is 2. The van der Waals surface area contributed by atoms with E-state index in [1.165, 1.54) is 0 Å². The molecule has 1 N–H and O–H groups in total. The summed E-state index contributed by atoms with van der Waals surface area (Å²) in [6.45, 7) is 0.414. The largest absolute Gasteiger partial charge is 0.476 e. The van der Waals surface area contributed by atoms with Crippen LogP contribution >= 0.6 is 11.6 Å². The van der Waals surface area contributed by atoms with Crippen LogP contribution in [0.4, 0.5) is 0 Å². The highest BCUT2D eigenvalue weighted by atomic mass is 35.5. The highest BCUT2D eigenvalue weighted by Crippen LogP contribution is 2.23. The maximum atomic E-state index is 11.2. The molecule has 0 radical (unpaired) electrons. The number of aromatic nitrogens is 2. The molecular formula is C17H13ClN2O2. The van der Waals surface area contributed by atoms with Crippen molar-refractivity contribution in [1.82, 2.24) is 9.78 Å². The molecule has 0 amide bonds. The van der Waals surface area contributed by atoms with Crippen molar-refractivity contribution < 1.29 is 9.90 Å². The molecule has 3 rings (SSSR count). The minimum Gasteiger partial charge on any atom is -0.476 e. The van der Waals surface area contributed by atoms with Gasteiger partial charge in [-0.3, -0.25) is 4.68 Å². The molecule has 1 heterocycles. The van der Waals surface area contributed by atoms with Crippen molar-refractivity contribution in [3.63, 3.8) is 0 Å². The van der Waals surface area contributed by atoms with E-state index in [2.05, 4.69) is 5.10 Å². The third kappa shape index (κ3) is 2.87. The Bertz CT molecular complexity index is 813. The molecule has 0 saturated carbocycles. The van der Waals surface area contributed by atoms with Crippen LogP contribution in [-0.4, -0.2) is 20.9 Å². The minimum absolute atomic E-state index is 0.0194. The fraction of sp³-hybridized carbons (Fsp3) is 0.0588. The predicted molar refractivity (Wildman–Crippen MR) is 85.2 cm³/mol. The Labute approximate surface area is 132 Å². The molecule has 3 aromatic rings. The fourth-order valence-electron chi connectivity index (χ4n) is 2.27. The molecule has 22 heavy (non-hydrogen) atoms. The monoisotopic (exact) mass is 312 g/mol. The van der Waals surface area contributed by atoms with Gasteiger partial charge in [0.15, 0.2) is 5.69 Å². The first-order valence-corrected chi connectivity index (χ1v) is 7.13. The molecule has 0 unspecified atom stereocenters. The summed E-state index contributed by atoms with van der Waals surface area (Å²) < 4.78 is 1.67. The molecule has 0 aliphatic heterocycles. The second-order valence-electron chi connectivity index (χ2n) is 4.84. The van der Waals surface area contributed by atoms with Gasteiger partial charge in [0.05, 0.1) is 12.2 Å². The van der Waals surface area contributed by atoms with Gasteiger partial charge in [0, 0.05) is 5.02 Å². The van der Waals surface area contributed by atoms with E-state index in [-0.39, 0.29) is 5.69 Å². The standard InChI is InChI=1S/C17H13ClN2O2/c18-14-9-5-4-8-13(14)11-20-16(10-15(19-20)17(21)22)12-6-2-1-3-7-12/h1-10H,11H2,(H,21,22). The molecule has 0 atom stereocenters. The van der Waals surface area contributed by atoms with E-state index >= 15 is 0 Å². The number of aromatic carboxylic acids is 1. The van der Waals surface area contributed by atoms with Crippen molar-refractivity contribution in [3.05, 3.63) is 76.9 Å². The van der Waals surface area contributed by atoms with E-state index < -0.39 is 5.97 Å². The maximum absolute atomic E-state index is 11.2. The van der Waals surface area contributed by atoms with E-state index in [0.717, 1.165) is 16.8 Å². The summed E-state index contributed by atoms with van der Waals surface area (Å²) >= 11 is 6.18. The molecule has 0 fully saturated rings. The lowest BCUT2D eigenvalue weighted by molar-refractivity contribution is 0.0689. The van der Waals surface area contributed by atoms with Crippen molar-refractivity contribution in [2.24, 2.45) is 0 Å². The van der Waals surface area contributed by atoms with Crippen molar-refractivity contribution in [2.45, 2.75) is 6.54 Å². The summed E-state index contributed by atoms with van der Waals surface area (Å²) in [7, 11) is 0. The Hall–Kier alpha value is -2.59. The van der Waals surface area contributed by atoms with Crippen molar-refractivity contribution in [2.75, 3.05) is 0 Å². The summed E-state index contributed by atoms with van der Waals surface area (Å²) in [4.78, 5) is 11.2. The van der Waals surface area contributed by atoms with Crippen LogP contribution < -0.4 is 0 Å². The lowest BCUT2D eigenvalue weighted by Gasteiger charge is -2.09. The van der Waals surface area contributed by atoms with Crippen molar-refractivity contribution in [3.8, 4) is 11.3 Å². The van der Waals surface area contributed by atoms with Crippen LogP contribution in [0.2, 0.25) is 5.02 Å². The van der Waals surface area contributed by atoms with Crippen molar-refractivity contribution >= 4 is 17.6 Å². The SMILES string of the molecule is O=C(O)c1cc(-c2ccccc2)n(Cc2ccccc2Cl)n1. The Kier molecular flexibility index (Phi) is 3.94. The van der Waals surface area contributed by atoms with E-state index in [1.54, 1.807) is 16.8 Å². The van der Waals surface area contributed by atoms with E-state index in [1.807, 2.05) is 48.5 Å². The van der Waals surface area contributed by atoms with Gasteiger partial charge in [0.25, 0.3) is 0 Å². The van der Waals surface area contributed by atoms with Gasteiger partial charge in [0.2, 0.25) is 0 Å². The Balaban J connectivity index is 2.06. The molecule has 2 aromatic carbocycles. The Morgan fingerprint density at radius 3 is 2.45 bits per heavy atom. The molecule has 0 bridgehead atoms. The van der Waals surface area contributed by atoms with Crippen LogP contribution in [0.25, 0.3) is 11.3 Å². The van der Waals surface area contributed by atoms with E-state index in [0.29, 0.717) is 11.6 Å². The van der Waals surface area contributed by atoms with Crippen LogP contribution in [-0.2, 0) is 6.54 Å². The molecule has 5 heteroatoms.